The van der Waals surface area contributed by atoms with Crippen LogP contribution in [0.5, 0.6) is 0 Å². The molecule has 0 aliphatic heterocycles. The molecule has 2 aromatic rings. The zero-order valence-electron chi connectivity index (χ0n) is 10.6. The van der Waals surface area contributed by atoms with Gasteiger partial charge in [-0.15, -0.1) is 0 Å². The lowest BCUT2D eigenvalue weighted by atomic mass is 10.1. The van der Waals surface area contributed by atoms with Crippen molar-refractivity contribution in [3.05, 3.63) is 47.5 Å². The fraction of sp³-hybridized carbons (Fsp3) is 0.154. The quantitative estimate of drug-likeness (QED) is 0.830. The Hall–Kier alpha value is -2.70. The van der Waals surface area contributed by atoms with Crippen molar-refractivity contribution in [3.8, 4) is 0 Å². The molecule has 104 valence electrons. The third kappa shape index (κ3) is 3.19. The molecule has 0 saturated heterocycles. The zero-order chi connectivity index (χ0) is 14.5. The van der Waals surface area contributed by atoms with Crippen LogP contribution in [0.4, 0.5) is 10.1 Å². The first-order valence-corrected chi connectivity index (χ1v) is 5.76. The fourth-order valence-corrected chi connectivity index (χ4v) is 1.67. The van der Waals surface area contributed by atoms with E-state index in [1.54, 1.807) is 6.07 Å². The summed E-state index contributed by atoms with van der Waals surface area (Å²) in [6, 6.07) is 5.73. The van der Waals surface area contributed by atoms with Crippen molar-refractivity contribution < 1.29 is 18.7 Å². The molecule has 2 N–H and O–H groups in total. The van der Waals surface area contributed by atoms with E-state index in [0.29, 0.717) is 5.56 Å². The molecule has 6 nitrogen and oxygen atoms in total. The van der Waals surface area contributed by atoms with Gasteiger partial charge in [0.25, 0.3) is 0 Å². The molecule has 0 spiro atoms. The monoisotopic (exact) mass is 277 g/mol. The van der Waals surface area contributed by atoms with Gasteiger partial charge in [-0.2, -0.15) is 5.10 Å². The smallest absolute Gasteiger partial charge is 0.358 e. The Bertz CT molecular complexity index is 639. The van der Waals surface area contributed by atoms with Crippen LogP contribution >= 0.6 is 0 Å². The lowest BCUT2D eigenvalue weighted by Gasteiger charge is -2.05. The second-order valence-electron chi connectivity index (χ2n) is 4.01. The minimum absolute atomic E-state index is 0.0104. The number of nitrogens with zero attached hydrogens (tertiary/aromatic N) is 1. The summed E-state index contributed by atoms with van der Waals surface area (Å²) in [5.41, 5.74) is 0.809. The number of methoxy groups -OCH3 is 1. The molecule has 1 aromatic carbocycles. The van der Waals surface area contributed by atoms with Crippen LogP contribution in [0.1, 0.15) is 16.1 Å². The lowest BCUT2D eigenvalue weighted by molar-refractivity contribution is -0.115. The fourth-order valence-electron chi connectivity index (χ4n) is 1.67. The number of esters is 1. The Balaban J connectivity index is 2.05. The highest BCUT2D eigenvalue weighted by molar-refractivity contribution is 6.00. The van der Waals surface area contributed by atoms with Crippen LogP contribution in [0.2, 0.25) is 0 Å². The normalized spacial score (nSPS) is 10.1. The molecule has 1 amide bonds. The summed E-state index contributed by atoms with van der Waals surface area (Å²) < 4.78 is 17.5. The first-order valence-electron chi connectivity index (χ1n) is 5.76. The van der Waals surface area contributed by atoms with Crippen molar-refractivity contribution >= 4 is 17.6 Å². The summed E-state index contributed by atoms with van der Waals surface area (Å²) in [5.74, 6) is -1.43. The van der Waals surface area contributed by atoms with Crippen LogP contribution in [0.15, 0.2) is 30.5 Å². The molecular weight excluding hydrogens is 265 g/mol. The second-order valence-corrected chi connectivity index (χ2v) is 4.01. The molecule has 1 heterocycles. The maximum Gasteiger partial charge on any atom is 0.358 e. The molecule has 1 aromatic heterocycles. The maximum atomic E-state index is 13.0. The van der Waals surface area contributed by atoms with Gasteiger partial charge in [0.05, 0.1) is 25.4 Å². The molecule has 0 bridgehead atoms. The van der Waals surface area contributed by atoms with E-state index in [1.165, 1.54) is 31.5 Å². The topological polar surface area (TPSA) is 84.1 Å². The third-order valence-electron chi connectivity index (χ3n) is 2.56. The van der Waals surface area contributed by atoms with Crippen molar-refractivity contribution in [1.82, 2.24) is 10.2 Å². The molecule has 0 unspecified atom stereocenters. The predicted molar refractivity (Wildman–Crippen MR) is 68.7 cm³/mol. The highest BCUT2D eigenvalue weighted by Crippen LogP contribution is 2.13. The van der Waals surface area contributed by atoms with E-state index in [1.807, 2.05) is 0 Å². The van der Waals surface area contributed by atoms with Gasteiger partial charge in [-0.05, 0) is 17.7 Å². The van der Waals surface area contributed by atoms with Crippen molar-refractivity contribution in [1.29, 1.82) is 0 Å². The van der Waals surface area contributed by atoms with Crippen molar-refractivity contribution in [2.45, 2.75) is 6.42 Å². The predicted octanol–water partition coefficient (Wildman–Crippen LogP) is 1.52. The van der Waals surface area contributed by atoms with Crippen LogP contribution in [0.3, 0.4) is 0 Å². The molecule has 0 saturated carbocycles. The number of carbonyl (C=O) groups is 2. The van der Waals surface area contributed by atoms with Crippen LogP contribution < -0.4 is 5.32 Å². The number of carbonyl (C=O) groups excluding carboxylic acids is 2. The molecule has 2 rings (SSSR count). The second kappa shape index (κ2) is 5.96. The van der Waals surface area contributed by atoms with Crippen molar-refractivity contribution in [2.75, 3.05) is 12.4 Å². The lowest BCUT2D eigenvalue weighted by Crippen LogP contribution is -2.16. The van der Waals surface area contributed by atoms with E-state index < -0.39 is 11.8 Å². The molecule has 20 heavy (non-hydrogen) atoms. The number of aromatic nitrogens is 2. The number of benzene rings is 1. The summed E-state index contributed by atoms with van der Waals surface area (Å²) in [6.07, 6.45) is 1.29. The van der Waals surface area contributed by atoms with Gasteiger partial charge in [0.1, 0.15) is 5.82 Å². The van der Waals surface area contributed by atoms with Crippen molar-refractivity contribution in [3.63, 3.8) is 0 Å². The van der Waals surface area contributed by atoms with E-state index in [-0.39, 0.29) is 23.7 Å². The number of rotatable bonds is 4. The summed E-state index contributed by atoms with van der Waals surface area (Å²) in [4.78, 5) is 23.2. The van der Waals surface area contributed by atoms with E-state index >= 15 is 0 Å². The SMILES string of the molecule is COC(=O)c1[nH]ncc1NC(=O)Cc1cccc(F)c1. The Morgan fingerprint density at radius 3 is 2.95 bits per heavy atom. The summed E-state index contributed by atoms with van der Waals surface area (Å²) in [6.45, 7) is 0. The summed E-state index contributed by atoms with van der Waals surface area (Å²) >= 11 is 0. The van der Waals surface area contributed by atoms with Gasteiger partial charge in [-0.3, -0.25) is 9.89 Å². The minimum atomic E-state index is -0.636. The highest BCUT2D eigenvalue weighted by Gasteiger charge is 2.16. The number of hydrogen-bond donors (Lipinski definition) is 2. The van der Waals surface area contributed by atoms with Gasteiger partial charge >= 0.3 is 5.97 Å². The zero-order valence-corrected chi connectivity index (χ0v) is 10.6. The average molecular weight is 277 g/mol. The van der Waals surface area contributed by atoms with Gasteiger partial charge in [0.15, 0.2) is 5.69 Å². The largest absolute Gasteiger partial charge is 0.464 e. The number of aromatic amines is 1. The van der Waals surface area contributed by atoms with Gasteiger partial charge in [0, 0.05) is 0 Å². The first-order chi connectivity index (χ1) is 9.60. The van der Waals surface area contributed by atoms with Gasteiger partial charge in [-0.1, -0.05) is 12.1 Å². The van der Waals surface area contributed by atoms with Gasteiger partial charge < -0.3 is 10.1 Å². The van der Waals surface area contributed by atoms with E-state index in [4.69, 9.17) is 0 Å². The van der Waals surface area contributed by atoms with E-state index in [0.717, 1.165) is 0 Å². The minimum Gasteiger partial charge on any atom is -0.464 e. The van der Waals surface area contributed by atoms with E-state index in [9.17, 15) is 14.0 Å². The Kier molecular flexibility index (Phi) is 4.09. The van der Waals surface area contributed by atoms with Crippen LogP contribution in [0, 0.1) is 5.82 Å². The number of amides is 1. The molecule has 0 aliphatic carbocycles. The van der Waals surface area contributed by atoms with Gasteiger partial charge in [-0.25, -0.2) is 9.18 Å². The molecular formula is C13H12FN3O3. The van der Waals surface area contributed by atoms with Crippen molar-refractivity contribution in [2.24, 2.45) is 0 Å². The standard InChI is InChI=1S/C13H12FN3O3/c1-20-13(19)12-10(7-15-17-12)16-11(18)6-8-3-2-4-9(14)5-8/h2-5,7H,6H2,1H3,(H,15,17)(H,16,18). The van der Waals surface area contributed by atoms with Crippen LogP contribution in [-0.2, 0) is 16.0 Å². The Labute approximate surface area is 113 Å². The van der Waals surface area contributed by atoms with Crippen LogP contribution in [0.25, 0.3) is 0 Å². The average Bonchev–Trinajstić information content (AvgIpc) is 2.85. The number of ether oxygens (including phenoxy) is 1. The number of halogens is 1. The summed E-state index contributed by atoms with van der Waals surface area (Å²) in [5, 5.41) is 8.62. The van der Waals surface area contributed by atoms with Gasteiger partial charge in [0.2, 0.25) is 5.91 Å². The number of H-pyrrole nitrogens is 1. The molecule has 7 heteroatoms. The maximum absolute atomic E-state index is 13.0. The van der Waals surface area contributed by atoms with E-state index in [2.05, 4.69) is 20.3 Å². The number of hydrogen-bond acceptors (Lipinski definition) is 4. The first kappa shape index (κ1) is 13.7. The number of anilines is 1. The van der Waals surface area contributed by atoms with Crippen LogP contribution in [-0.4, -0.2) is 29.2 Å². The molecule has 0 atom stereocenters. The third-order valence-corrected chi connectivity index (χ3v) is 2.56. The summed E-state index contributed by atoms with van der Waals surface area (Å²) in [7, 11) is 1.22. The highest BCUT2D eigenvalue weighted by atomic mass is 19.1. The molecule has 0 aliphatic rings. The molecule has 0 fully saturated rings. The Morgan fingerprint density at radius 1 is 1.45 bits per heavy atom. The molecule has 0 radical (unpaired) electrons. The Morgan fingerprint density at radius 2 is 2.25 bits per heavy atom. The number of nitrogens with one attached hydrogen (secondary N) is 2.